The molecule has 0 saturated carbocycles. The fourth-order valence-electron chi connectivity index (χ4n) is 2.13. The number of nitro benzene ring substituents is 1. The van der Waals surface area contributed by atoms with E-state index in [-0.39, 0.29) is 10.6 Å². The zero-order valence-electron chi connectivity index (χ0n) is 11.2. The Morgan fingerprint density at radius 2 is 2.05 bits per heavy atom. The Bertz CT molecular complexity index is 816. The van der Waals surface area contributed by atoms with Crippen molar-refractivity contribution in [3.8, 4) is 0 Å². The van der Waals surface area contributed by atoms with Gasteiger partial charge in [0.05, 0.1) is 20.7 Å². The maximum atomic E-state index is 11.3. The molecule has 7 heteroatoms. The lowest BCUT2D eigenvalue weighted by Gasteiger charge is -2.10. The molecule has 0 amide bonds. The molecule has 0 bridgehead atoms. The maximum Gasteiger partial charge on any atom is 0.315 e. The molecule has 0 atom stereocenters. The lowest BCUT2D eigenvalue weighted by atomic mass is 10.2. The number of para-hydroxylation sites is 1. The minimum absolute atomic E-state index is 0.0319. The van der Waals surface area contributed by atoms with Gasteiger partial charge in [0.1, 0.15) is 11.4 Å². The molecule has 0 unspecified atom stereocenters. The molecule has 0 spiro atoms. The van der Waals surface area contributed by atoms with Crippen LogP contribution in [0.25, 0.3) is 10.2 Å². The van der Waals surface area contributed by atoms with E-state index in [2.05, 4.69) is 15.6 Å². The molecule has 2 N–H and O–H groups in total. The molecule has 21 heavy (non-hydrogen) atoms. The third-order valence-electron chi connectivity index (χ3n) is 3.10. The summed E-state index contributed by atoms with van der Waals surface area (Å²) >= 11 is 1.53. The molecular formula is C14H12N4O2S. The molecule has 1 heterocycles. The average molecular weight is 300 g/mol. The number of rotatable bonds is 4. The van der Waals surface area contributed by atoms with Gasteiger partial charge in [-0.3, -0.25) is 10.1 Å². The molecule has 2 aromatic carbocycles. The molecule has 0 aliphatic heterocycles. The zero-order chi connectivity index (χ0) is 14.8. The summed E-state index contributed by atoms with van der Waals surface area (Å²) in [5.74, 6) is 0. The second kappa shape index (κ2) is 5.37. The van der Waals surface area contributed by atoms with E-state index in [9.17, 15) is 10.1 Å². The normalized spacial score (nSPS) is 10.5. The Morgan fingerprint density at radius 1 is 1.24 bits per heavy atom. The number of aromatic nitrogens is 1. The van der Waals surface area contributed by atoms with Crippen molar-refractivity contribution in [2.45, 2.75) is 0 Å². The van der Waals surface area contributed by atoms with Crippen molar-refractivity contribution in [2.24, 2.45) is 0 Å². The quantitative estimate of drug-likeness (QED) is 0.562. The van der Waals surface area contributed by atoms with Gasteiger partial charge in [0, 0.05) is 12.7 Å². The molecule has 0 aliphatic carbocycles. The molecule has 106 valence electrons. The van der Waals surface area contributed by atoms with Crippen LogP contribution in [-0.2, 0) is 0 Å². The molecule has 0 saturated heterocycles. The minimum atomic E-state index is -0.389. The van der Waals surface area contributed by atoms with Crippen LogP contribution in [0.15, 0.2) is 41.9 Å². The predicted octanol–water partition coefficient (Wildman–Crippen LogP) is 3.99. The van der Waals surface area contributed by atoms with E-state index in [0.717, 1.165) is 15.9 Å². The third kappa shape index (κ3) is 2.50. The molecular weight excluding hydrogens is 288 g/mol. The molecule has 3 aromatic rings. The Kier molecular flexibility index (Phi) is 3.41. The Labute approximate surface area is 124 Å². The Morgan fingerprint density at radius 3 is 2.81 bits per heavy atom. The number of nitro groups is 1. The van der Waals surface area contributed by atoms with Crippen LogP contribution in [0.1, 0.15) is 0 Å². The lowest BCUT2D eigenvalue weighted by Crippen LogP contribution is -2.01. The van der Waals surface area contributed by atoms with Gasteiger partial charge in [0.25, 0.3) is 0 Å². The second-order valence-corrected chi connectivity index (χ2v) is 5.26. The summed E-state index contributed by atoms with van der Waals surface area (Å²) in [5.41, 5.74) is 4.45. The van der Waals surface area contributed by atoms with Crippen molar-refractivity contribution in [1.29, 1.82) is 0 Å². The van der Waals surface area contributed by atoms with Crippen molar-refractivity contribution in [1.82, 2.24) is 4.98 Å². The Balaban J connectivity index is 2.02. The maximum absolute atomic E-state index is 11.3. The molecule has 0 aliphatic rings. The van der Waals surface area contributed by atoms with Crippen molar-refractivity contribution in [3.63, 3.8) is 0 Å². The van der Waals surface area contributed by atoms with Crippen molar-refractivity contribution in [3.05, 3.63) is 52.0 Å². The van der Waals surface area contributed by atoms with Gasteiger partial charge in [-0.1, -0.05) is 6.07 Å². The number of nitrogens with one attached hydrogen (secondary N) is 2. The lowest BCUT2D eigenvalue weighted by molar-refractivity contribution is -0.383. The van der Waals surface area contributed by atoms with Crippen LogP contribution >= 0.6 is 11.3 Å². The van der Waals surface area contributed by atoms with Gasteiger partial charge in [-0.05, 0) is 30.3 Å². The van der Waals surface area contributed by atoms with Crippen LogP contribution in [0.3, 0.4) is 0 Å². The molecule has 3 rings (SSSR count). The van der Waals surface area contributed by atoms with Gasteiger partial charge >= 0.3 is 5.69 Å². The summed E-state index contributed by atoms with van der Waals surface area (Å²) < 4.78 is 1.03. The van der Waals surface area contributed by atoms with E-state index in [0.29, 0.717) is 11.4 Å². The number of anilines is 3. The summed E-state index contributed by atoms with van der Waals surface area (Å²) in [5, 5.41) is 17.2. The zero-order valence-corrected chi connectivity index (χ0v) is 12.0. The highest BCUT2D eigenvalue weighted by Gasteiger charge is 2.19. The highest BCUT2D eigenvalue weighted by molar-refractivity contribution is 7.16. The van der Waals surface area contributed by atoms with Crippen molar-refractivity contribution < 1.29 is 4.92 Å². The molecule has 0 radical (unpaired) electrons. The summed E-state index contributed by atoms with van der Waals surface area (Å²) in [6.45, 7) is 0. The second-order valence-electron chi connectivity index (χ2n) is 4.37. The number of hydrogen-bond donors (Lipinski definition) is 2. The first-order chi connectivity index (χ1) is 10.2. The predicted molar refractivity (Wildman–Crippen MR) is 85.5 cm³/mol. The van der Waals surface area contributed by atoms with Gasteiger partial charge in [0.2, 0.25) is 0 Å². The summed E-state index contributed by atoms with van der Waals surface area (Å²) in [6.07, 6.45) is 0. The highest BCUT2D eigenvalue weighted by Crippen LogP contribution is 2.35. The number of nitrogens with zero attached hydrogens (tertiary/aromatic N) is 2. The van der Waals surface area contributed by atoms with E-state index in [1.807, 2.05) is 18.2 Å². The molecule has 6 nitrogen and oxygen atoms in total. The highest BCUT2D eigenvalue weighted by atomic mass is 32.1. The standard InChI is InChI=1S/C14H12N4O2S/c1-15-11-3-2-4-12(14(11)18(19)20)17-9-5-6-10-13(7-9)21-8-16-10/h2-8,15,17H,1H3. The first-order valence-electron chi connectivity index (χ1n) is 6.24. The van der Waals surface area contributed by atoms with Crippen LogP contribution in [0.5, 0.6) is 0 Å². The fraction of sp³-hybridized carbons (Fsp3) is 0.0714. The average Bonchev–Trinajstić information content (AvgIpc) is 2.94. The van der Waals surface area contributed by atoms with Gasteiger partial charge in [-0.15, -0.1) is 11.3 Å². The van der Waals surface area contributed by atoms with Gasteiger partial charge < -0.3 is 10.6 Å². The van der Waals surface area contributed by atoms with Gasteiger partial charge in [-0.25, -0.2) is 4.98 Å². The third-order valence-corrected chi connectivity index (χ3v) is 3.89. The van der Waals surface area contributed by atoms with Crippen LogP contribution in [0.4, 0.5) is 22.7 Å². The summed E-state index contributed by atoms with van der Waals surface area (Å²) in [4.78, 5) is 15.1. The van der Waals surface area contributed by atoms with E-state index < -0.39 is 0 Å². The van der Waals surface area contributed by atoms with E-state index in [1.54, 1.807) is 30.8 Å². The van der Waals surface area contributed by atoms with E-state index >= 15 is 0 Å². The van der Waals surface area contributed by atoms with Crippen LogP contribution in [0, 0.1) is 10.1 Å². The minimum Gasteiger partial charge on any atom is -0.382 e. The van der Waals surface area contributed by atoms with Crippen LogP contribution in [-0.4, -0.2) is 17.0 Å². The van der Waals surface area contributed by atoms with Crippen LogP contribution < -0.4 is 10.6 Å². The monoisotopic (exact) mass is 300 g/mol. The summed E-state index contributed by atoms with van der Waals surface area (Å²) in [6, 6.07) is 10.8. The number of fused-ring (bicyclic) bond motifs is 1. The number of thiazole rings is 1. The van der Waals surface area contributed by atoms with Crippen molar-refractivity contribution >= 4 is 44.3 Å². The SMILES string of the molecule is CNc1cccc(Nc2ccc3ncsc3c2)c1[N+](=O)[O-]. The number of benzene rings is 2. The van der Waals surface area contributed by atoms with Crippen molar-refractivity contribution in [2.75, 3.05) is 17.7 Å². The topological polar surface area (TPSA) is 80.1 Å². The first-order valence-corrected chi connectivity index (χ1v) is 7.12. The molecule has 1 aromatic heterocycles. The fourth-order valence-corrected chi connectivity index (χ4v) is 2.85. The smallest absolute Gasteiger partial charge is 0.315 e. The summed E-state index contributed by atoms with van der Waals surface area (Å²) in [7, 11) is 1.66. The van der Waals surface area contributed by atoms with E-state index in [4.69, 9.17) is 0 Å². The van der Waals surface area contributed by atoms with Gasteiger partial charge in [0.15, 0.2) is 0 Å². The number of hydrogen-bond acceptors (Lipinski definition) is 6. The van der Waals surface area contributed by atoms with Crippen LogP contribution in [0.2, 0.25) is 0 Å². The molecule has 0 fully saturated rings. The van der Waals surface area contributed by atoms with E-state index in [1.165, 1.54) is 11.3 Å². The first kappa shape index (κ1) is 13.3. The largest absolute Gasteiger partial charge is 0.382 e. The van der Waals surface area contributed by atoms with Gasteiger partial charge in [-0.2, -0.15) is 0 Å². The Hall–Kier alpha value is -2.67.